The Bertz CT molecular complexity index is 220. The maximum absolute atomic E-state index is 5.53. The smallest absolute Gasteiger partial charge is 0.0472 e. The number of thioether (sulfide) groups is 1. The Balaban J connectivity index is 1.91. The molecular formula is C13H26N2OS. The lowest BCUT2D eigenvalue weighted by molar-refractivity contribution is -0.00428. The van der Waals surface area contributed by atoms with Gasteiger partial charge in [-0.1, -0.05) is 0 Å². The second-order valence-electron chi connectivity index (χ2n) is 5.58. The zero-order chi connectivity index (χ0) is 12.1. The SMILES string of the molecule is CNCC1(CN(C)C2CCSC2)CCOCC1. The second-order valence-corrected chi connectivity index (χ2v) is 6.73. The van der Waals surface area contributed by atoms with Gasteiger partial charge in [0.2, 0.25) is 0 Å². The average molecular weight is 258 g/mol. The first-order valence-corrected chi connectivity index (χ1v) is 7.92. The third-order valence-electron chi connectivity index (χ3n) is 4.22. The lowest BCUT2D eigenvalue weighted by Crippen LogP contribution is -2.48. The van der Waals surface area contributed by atoms with Crippen LogP contribution in [-0.2, 0) is 4.74 Å². The fourth-order valence-electron chi connectivity index (χ4n) is 3.10. The van der Waals surface area contributed by atoms with Crippen molar-refractivity contribution in [2.45, 2.75) is 25.3 Å². The molecule has 1 atom stereocenters. The minimum Gasteiger partial charge on any atom is -0.381 e. The van der Waals surface area contributed by atoms with Crippen molar-refractivity contribution in [2.75, 3.05) is 51.9 Å². The Morgan fingerprint density at radius 1 is 1.41 bits per heavy atom. The molecule has 0 spiro atoms. The number of hydrogen-bond acceptors (Lipinski definition) is 4. The highest BCUT2D eigenvalue weighted by molar-refractivity contribution is 7.99. The monoisotopic (exact) mass is 258 g/mol. The predicted molar refractivity (Wildman–Crippen MR) is 74.8 cm³/mol. The van der Waals surface area contributed by atoms with E-state index in [1.807, 2.05) is 0 Å². The minimum absolute atomic E-state index is 0.439. The largest absolute Gasteiger partial charge is 0.381 e. The van der Waals surface area contributed by atoms with E-state index in [4.69, 9.17) is 4.74 Å². The van der Waals surface area contributed by atoms with Gasteiger partial charge in [0.05, 0.1) is 0 Å². The molecule has 0 aromatic rings. The lowest BCUT2D eigenvalue weighted by Gasteiger charge is -2.41. The zero-order valence-electron chi connectivity index (χ0n) is 11.2. The quantitative estimate of drug-likeness (QED) is 0.806. The molecule has 3 nitrogen and oxygen atoms in total. The fourth-order valence-corrected chi connectivity index (χ4v) is 4.40. The fraction of sp³-hybridized carbons (Fsp3) is 1.00. The molecule has 0 aromatic carbocycles. The summed E-state index contributed by atoms with van der Waals surface area (Å²) in [6.07, 6.45) is 3.78. The Labute approximate surface area is 110 Å². The van der Waals surface area contributed by atoms with E-state index in [0.29, 0.717) is 5.41 Å². The van der Waals surface area contributed by atoms with Gasteiger partial charge in [-0.25, -0.2) is 0 Å². The van der Waals surface area contributed by atoms with Crippen molar-refractivity contribution in [3.63, 3.8) is 0 Å². The van der Waals surface area contributed by atoms with Crippen LogP contribution in [0.3, 0.4) is 0 Å². The van der Waals surface area contributed by atoms with Gasteiger partial charge < -0.3 is 15.0 Å². The molecule has 2 saturated heterocycles. The maximum atomic E-state index is 5.53. The van der Waals surface area contributed by atoms with Crippen LogP contribution in [-0.4, -0.2) is 62.8 Å². The first-order valence-electron chi connectivity index (χ1n) is 6.76. The molecule has 2 heterocycles. The van der Waals surface area contributed by atoms with Gasteiger partial charge >= 0.3 is 0 Å². The van der Waals surface area contributed by atoms with Gasteiger partial charge in [-0.05, 0) is 44.5 Å². The summed E-state index contributed by atoms with van der Waals surface area (Å²) in [5.74, 6) is 2.67. The summed E-state index contributed by atoms with van der Waals surface area (Å²) in [7, 11) is 4.38. The maximum Gasteiger partial charge on any atom is 0.0472 e. The van der Waals surface area contributed by atoms with Gasteiger partial charge in [0.15, 0.2) is 0 Å². The summed E-state index contributed by atoms with van der Waals surface area (Å²) in [6, 6.07) is 0.802. The van der Waals surface area contributed by atoms with Gasteiger partial charge in [-0.2, -0.15) is 11.8 Å². The summed E-state index contributed by atoms with van der Waals surface area (Å²) in [5.41, 5.74) is 0.439. The molecule has 0 aromatic heterocycles. The van der Waals surface area contributed by atoms with Crippen molar-refractivity contribution in [3.8, 4) is 0 Å². The normalized spacial score (nSPS) is 28.8. The molecule has 0 aliphatic carbocycles. The van der Waals surface area contributed by atoms with Crippen LogP contribution in [0, 0.1) is 5.41 Å². The van der Waals surface area contributed by atoms with Gasteiger partial charge in [-0.3, -0.25) is 0 Å². The van der Waals surface area contributed by atoms with Gasteiger partial charge in [0, 0.05) is 38.1 Å². The summed E-state index contributed by atoms with van der Waals surface area (Å²) >= 11 is 2.10. The van der Waals surface area contributed by atoms with E-state index in [1.165, 1.54) is 37.3 Å². The van der Waals surface area contributed by atoms with E-state index in [1.54, 1.807) is 0 Å². The van der Waals surface area contributed by atoms with Crippen LogP contribution in [0.4, 0.5) is 0 Å². The summed E-state index contributed by atoms with van der Waals surface area (Å²) in [6.45, 7) is 4.23. The standard InChI is InChI=1S/C13H26N2OS/c1-14-10-13(4-6-16-7-5-13)11-15(2)12-3-8-17-9-12/h12,14H,3-11H2,1-2H3. The highest BCUT2D eigenvalue weighted by Gasteiger charge is 2.35. The van der Waals surface area contributed by atoms with E-state index < -0.39 is 0 Å². The lowest BCUT2D eigenvalue weighted by atomic mass is 9.79. The average Bonchev–Trinajstić information content (AvgIpc) is 2.84. The van der Waals surface area contributed by atoms with Crippen LogP contribution < -0.4 is 5.32 Å². The van der Waals surface area contributed by atoms with Crippen LogP contribution in [0.15, 0.2) is 0 Å². The highest BCUT2D eigenvalue weighted by Crippen LogP contribution is 2.32. The van der Waals surface area contributed by atoms with Crippen LogP contribution >= 0.6 is 11.8 Å². The Hall–Kier alpha value is 0.230. The van der Waals surface area contributed by atoms with Crippen molar-refractivity contribution in [3.05, 3.63) is 0 Å². The van der Waals surface area contributed by atoms with E-state index in [2.05, 4.69) is 36.1 Å². The highest BCUT2D eigenvalue weighted by atomic mass is 32.2. The van der Waals surface area contributed by atoms with Gasteiger partial charge in [-0.15, -0.1) is 0 Å². The molecule has 4 heteroatoms. The minimum atomic E-state index is 0.439. The van der Waals surface area contributed by atoms with E-state index in [0.717, 1.165) is 25.8 Å². The summed E-state index contributed by atoms with van der Waals surface area (Å²) in [5, 5.41) is 3.39. The van der Waals surface area contributed by atoms with Crippen LogP contribution in [0.1, 0.15) is 19.3 Å². The zero-order valence-corrected chi connectivity index (χ0v) is 12.0. The van der Waals surface area contributed by atoms with Gasteiger partial charge in [0.1, 0.15) is 0 Å². The first kappa shape index (κ1) is 13.7. The molecule has 2 aliphatic heterocycles. The molecular weight excluding hydrogens is 232 g/mol. The van der Waals surface area contributed by atoms with Crippen LogP contribution in [0.5, 0.6) is 0 Å². The number of nitrogens with one attached hydrogen (secondary N) is 1. The van der Waals surface area contributed by atoms with Crippen LogP contribution in [0.25, 0.3) is 0 Å². The van der Waals surface area contributed by atoms with E-state index in [9.17, 15) is 0 Å². The number of hydrogen-bond donors (Lipinski definition) is 1. The van der Waals surface area contributed by atoms with Crippen molar-refractivity contribution < 1.29 is 4.74 Å². The van der Waals surface area contributed by atoms with Crippen molar-refractivity contribution >= 4 is 11.8 Å². The van der Waals surface area contributed by atoms with E-state index >= 15 is 0 Å². The molecule has 17 heavy (non-hydrogen) atoms. The van der Waals surface area contributed by atoms with Gasteiger partial charge in [0.25, 0.3) is 0 Å². The predicted octanol–water partition coefficient (Wildman–Crippen LogP) is 1.44. The first-order chi connectivity index (χ1) is 8.26. The van der Waals surface area contributed by atoms with Crippen molar-refractivity contribution in [1.82, 2.24) is 10.2 Å². The molecule has 2 aliphatic rings. The molecule has 1 N–H and O–H groups in total. The number of ether oxygens (including phenoxy) is 1. The Morgan fingerprint density at radius 2 is 2.18 bits per heavy atom. The molecule has 100 valence electrons. The summed E-state index contributed by atoms with van der Waals surface area (Å²) < 4.78 is 5.53. The second kappa shape index (κ2) is 6.41. The molecule has 0 amide bonds. The summed E-state index contributed by atoms with van der Waals surface area (Å²) in [4.78, 5) is 2.60. The van der Waals surface area contributed by atoms with Crippen molar-refractivity contribution in [1.29, 1.82) is 0 Å². The topological polar surface area (TPSA) is 24.5 Å². The molecule has 1 unspecified atom stereocenters. The number of nitrogens with zero attached hydrogens (tertiary/aromatic N) is 1. The third kappa shape index (κ3) is 3.60. The number of rotatable bonds is 5. The molecule has 2 fully saturated rings. The van der Waals surface area contributed by atoms with Crippen LogP contribution in [0.2, 0.25) is 0 Å². The molecule has 2 rings (SSSR count). The van der Waals surface area contributed by atoms with Crippen molar-refractivity contribution in [2.24, 2.45) is 5.41 Å². The Morgan fingerprint density at radius 3 is 2.76 bits per heavy atom. The molecule has 0 bridgehead atoms. The molecule has 0 saturated carbocycles. The third-order valence-corrected chi connectivity index (χ3v) is 5.36. The Kier molecular flexibility index (Phi) is 5.15. The molecule has 0 radical (unpaired) electrons. The van der Waals surface area contributed by atoms with E-state index in [-0.39, 0.29) is 0 Å².